The smallest absolute Gasteiger partial charge is 0.321 e. The Morgan fingerprint density at radius 2 is 1.67 bits per heavy atom. The Morgan fingerprint density at radius 3 is 2.30 bits per heavy atom. The molecule has 0 spiro atoms. The lowest BCUT2D eigenvalue weighted by Crippen LogP contribution is -2.41. The predicted octanol–water partition coefficient (Wildman–Crippen LogP) is 2.50. The number of imide groups is 1. The number of hydrogen-bond acceptors (Lipinski definition) is 5. The molecule has 7 heteroatoms. The zero-order valence-electron chi connectivity index (χ0n) is 15.2. The largest absolute Gasteiger partial charge is 0.493 e. The highest BCUT2D eigenvalue weighted by molar-refractivity contribution is 5.97. The summed E-state index contributed by atoms with van der Waals surface area (Å²) in [5.41, 5.74) is 1.57. The van der Waals surface area contributed by atoms with Crippen molar-refractivity contribution < 1.29 is 23.9 Å². The molecule has 0 aliphatic rings. The summed E-state index contributed by atoms with van der Waals surface area (Å²) in [5, 5.41) is 4.40. The van der Waals surface area contributed by atoms with Crippen LogP contribution in [0.5, 0.6) is 5.75 Å². The number of urea groups is 1. The van der Waals surface area contributed by atoms with E-state index in [1.54, 1.807) is 30.3 Å². The highest BCUT2D eigenvalue weighted by atomic mass is 16.6. The Hall–Kier alpha value is -3.35. The average molecular weight is 370 g/mol. The monoisotopic (exact) mass is 370 g/mol. The van der Waals surface area contributed by atoms with Crippen LogP contribution in [0.1, 0.15) is 23.7 Å². The van der Waals surface area contributed by atoms with Gasteiger partial charge in [-0.1, -0.05) is 48.0 Å². The van der Waals surface area contributed by atoms with Crippen molar-refractivity contribution in [1.29, 1.82) is 0 Å². The molecule has 2 rings (SSSR count). The van der Waals surface area contributed by atoms with Crippen LogP contribution in [0, 0.1) is 6.92 Å². The lowest BCUT2D eigenvalue weighted by atomic mass is 10.1. The summed E-state index contributed by atoms with van der Waals surface area (Å²) in [4.78, 5) is 35.8. The van der Waals surface area contributed by atoms with E-state index in [1.807, 2.05) is 31.2 Å². The predicted molar refractivity (Wildman–Crippen MR) is 99.2 cm³/mol. The summed E-state index contributed by atoms with van der Waals surface area (Å²) in [6.45, 7) is 2.08. The Kier molecular flexibility index (Phi) is 7.37. The standard InChI is InChI=1S/C20H22N2O5/c1-14-8-10-16(11-9-14)26-13-12-17(23)27-18(15-6-4-3-5-7-15)19(24)22-20(25)21-2/h3-11,18H,12-13H2,1-2H3,(H2,21,22,24,25)/t18-/m1/s1. The number of aryl methyl sites for hydroxylation is 1. The Morgan fingerprint density at radius 1 is 1.00 bits per heavy atom. The lowest BCUT2D eigenvalue weighted by molar-refractivity contribution is -0.156. The van der Waals surface area contributed by atoms with Crippen molar-refractivity contribution in [3.05, 3.63) is 65.7 Å². The fourth-order valence-corrected chi connectivity index (χ4v) is 2.22. The summed E-state index contributed by atoms with van der Waals surface area (Å²) >= 11 is 0. The minimum Gasteiger partial charge on any atom is -0.493 e. The topological polar surface area (TPSA) is 93.7 Å². The first-order valence-corrected chi connectivity index (χ1v) is 8.46. The first-order valence-electron chi connectivity index (χ1n) is 8.46. The number of nitrogens with one attached hydrogen (secondary N) is 2. The molecule has 1 atom stereocenters. The normalized spacial score (nSPS) is 11.2. The third-order valence-corrected chi connectivity index (χ3v) is 3.65. The number of hydrogen-bond donors (Lipinski definition) is 2. The van der Waals surface area contributed by atoms with E-state index in [-0.39, 0.29) is 13.0 Å². The van der Waals surface area contributed by atoms with Gasteiger partial charge < -0.3 is 14.8 Å². The number of esters is 1. The van der Waals surface area contributed by atoms with E-state index in [2.05, 4.69) is 10.6 Å². The number of rotatable bonds is 7. The van der Waals surface area contributed by atoms with Crippen molar-refractivity contribution in [2.75, 3.05) is 13.7 Å². The zero-order chi connectivity index (χ0) is 19.6. The SMILES string of the molecule is CNC(=O)NC(=O)[C@H](OC(=O)CCOc1ccc(C)cc1)c1ccccc1. The second-order valence-electron chi connectivity index (χ2n) is 5.76. The maximum Gasteiger partial charge on any atom is 0.321 e. The van der Waals surface area contributed by atoms with Gasteiger partial charge in [0.15, 0.2) is 0 Å². The number of ether oxygens (including phenoxy) is 2. The molecule has 142 valence electrons. The minimum atomic E-state index is -1.23. The Balaban J connectivity index is 1.95. The van der Waals surface area contributed by atoms with Crippen LogP contribution in [0.4, 0.5) is 4.79 Å². The van der Waals surface area contributed by atoms with Crippen molar-refractivity contribution >= 4 is 17.9 Å². The van der Waals surface area contributed by atoms with E-state index in [0.29, 0.717) is 11.3 Å². The van der Waals surface area contributed by atoms with Gasteiger partial charge in [-0.3, -0.25) is 14.9 Å². The lowest BCUT2D eigenvalue weighted by Gasteiger charge is -2.17. The third-order valence-electron chi connectivity index (χ3n) is 3.65. The molecule has 0 heterocycles. The van der Waals surface area contributed by atoms with E-state index >= 15 is 0 Å². The van der Waals surface area contributed by atoms with Gasteiger partial charge >= 0.3 is 12.0 Å². The molecule has 0 bridgehead atoms. The minimum absolute atomic E-state index is 0.0372. The van der Waals surface area contributed by atoms with E-state index < -0.39 is 24.0 Å². The van der Waals surface area contributed by atoms with Crippen LogP contribution in [0.15, 0.2) is 54.6 Å². The molecule has 0 aliphatic carbocycles. The fourth-order valence-electron chi connectivity index (χ4n) is 2.22. The molecule has 0 unspecified atom stereocenters. The average Bonchev–Trinajstić information content (AvgIpc) is 2.68. The van der Waals surface area contributed by atoms with Gasteiger partial charge in [0.05, 0.1) is 13.0 Å². The van der Waals surface area contributed by atoms with Crippen molar-refractivity contribution in [1.82, 2.24) is 10.6 Å². The highest BCUT2D eigenvalue weighted by Gasteiger charge is 2.26. The number of amides is 3. The second-order valence-corrected chi connectivity index (χ2v) is 5.76. The van der Waals surface area contributed by atoms with Gasteiger partial charge in [0.25, 0.3) is 5.91 Å². The van der Waals surface area contributed by atoms with Crippen LogP contribution in [-0.2, 0) is 14.3 Å². The molecular formula is C20H22N2O5. The van der Waals surface area contributed by atoms with Crippen LogP contribution in [0.3, 0.4) is 0 Å². The molecule has 0 saturated carbocycles. The van der Waals surface area contributed by atoms with Gasteiger partial charge in [-0.25, -0.2) is 4.79 Å². The van der Waals surface area contributed by atoms with Crippen LogP contribution in [-0.4, -0.2) is 31.6 Å². The molecule has 2 aromatic carbocycles. The Labute approximate surface area is 157 Å². The van der Waals surface area contributed by atoms with E-state index in [1.165, 1.54) is 7.05 Å². The summed E-state index contributed by atoms with van der Waals surface area (Å²) in [6.07, 6.45) is -1.26. The molecule has 0 saturated heterocycles. The van der Waals surface area contributed by atoms with E-state index in [9.17, 15) is 14.4 Å². The molecule has 0 radical (unpaired) electrons. The number of carbonyl (C=O) groups excluding carboxylic acids is 3. The molecule has 3 amide bonds. The molecular weight excluding hydrogens is 348 g/mol. The van der Waals surface area contributed by atoms with Crippen LogP contribution in [0.25, 0.3) is 0 Å². The molecule has 0 fully saturated rings. The van der Waals surface area contributed by atoms with Gasteiger partial charge in [0.1, 0.15) is 5.75 Å². The second kappa shape index (κ2) is 9.96. The van der Waals surface area contributed by atoms with Crippen molar-refractivity contribution in [2.24, 2.45) is 0 Å². The fraction of sp³-hybridized carbons (Fsp3) is 0.250. The molecule has 0 aromatic heterocycles. The molecule has 27 heavy (non-hydrogen) atoms. The summed E-state index contributed by atoms with van der Waals surface area (Å²) in [6, 6.07) is 15.2. The summed E-state index contributed by atoms with van der Waals surface area (Å²) in [5.74, 6) is -0.693. The first kappa shape index (κ1) is 20.0. The quantitative estimate of drug-likeness (QED) is 0.731. The number of carbonyl (C=O) groups is 3. The van der Waals surface area contributed by atoms with Gasteiger partial charge in [-0.2, -0.15) is 0 Å². The van der Waals surface area contributed by atoms with Gasteiger partial charge in [-0.05, 0) is 19.1 Å². The molecule has 2 N–H and O–H groups in total. The highest BCUT2D eigenvalue weighted by Crippen LogP contribution is 2.18. The van der Waals surface area contributed by atoms with Crippen molar-refractivity contribution in [2.45, 2.75) is 19.4 Å². The van der Waals surface area contributed by atoms with Crippen LogP contribution < -0.4 is 15.4 Å². The summed E-state index contributed by atoms with van der Waals surface area (Å²) < 4.78 is 10.8. The maximum atomic E-state index is 12.3. The van der Waals surface area contributed by atoms with Gasteiger partial charge in [0.2, 0.25) is 6.10 Å². The third kappa shape index (κ3) is 6.47. The maximum absolute atomic E-state index is 12.3. The molecule has 2 aromatic rings. The van der Waals surface area contributed by atoms with E-state index in [4.69, 9.17) is 9.47 Å². The summed E-state index contributed by atoms with van der Waals surface area (Å²) in [7, 11) is 1.38. The van der Waals surface area contributed by atoms with Gasteiger partial charge in [-0.15, -0.1) is 0 Å². The Bertz CT molecular complexity index is 775. The molecule has 0 aliphatic heterocycles. The van der Waals surface area contributed by atoms with Gasteiger partial charge in [0, 0.05) is 12.6 Å². The van der Waals surface area contributed by atoms with Crippen molar-refractivity contribution in [3.63, 3.8) is 0 Å². The molecule has 7 nitrogen and oxygen atoms in total. The first-order chi connectivity index (χ1) is 13.0. The van der Waals surface area contributed by atoms with Crippen LogP contribution >= 0.6 is 0 Å². The van der Waals surface area contributed by atoms with Crippen molar-refractivity contribution in [3.8, 4) is 5.75 Å². The zero-order valence-corrected chi connectivity index (χ0v) is 15.2. The van der Waals surface area contributed by atoms with E-state index in [0.717, 1.165) is 5.56 Å². The van der Waals surface area contributed by atoms with Crippen LogP contribution in [0.2, 0.25) is 0 Å². The number of benzene rings is 2.